The van der Waals surface area contributed by atoms with E-state index in [-0.39, 0.29) is 43.5 Å². The van der Waals surface area contributed by atoms with Crippen molar-refractivity contribution in [2.24, 2.45) is 0 Å². The summed E-state index contributed by atoms with van der Waals surface area (Å²) in [5.41, 5.74) is 0.122. The first-order chi connectivity index (χ1) is 10.3. The zero-order valence-electron chi connectivity index (χ0n) is 11.4. The van der Waals surface area contributed by atoms with Gasteiger partial charge in [-0.05, 0) is 6.42 Å². The summed E-state index contributed by atoms with van der Waals surface area (Å²) < 4.78 is 40.3. The Balaban J connectivity index is 2.08. The summed E-state index contributed by atoms with van der Waals surface area (Å²) in [7, 11) is 0. The number of fused-ring (bicyclic) bond motifs is 1. The normalized spacial score (nSPS) is 18.8. The van der Waals surface area contributed by atoms with Gasteiger partial charge in [-0.2, -0.15) is 13.2 Å². The van der Waals surface area contributed by atoms with Crippen molar-refractivity contribution in [2.45, 2.75) is 32.1 Å². The highest BCUT2D eigenvalue weighted by Gasteiger charge is 2.42. The number of anilines is 1. The standard InChI is InChI=1S/C12H13F3N4O3/c13-12(14,15)10-16-9(19-3-1-2-8(19)20)7-6-17(11(21)22)4-5-18(7)10/h1-6H2,(H,21,22). The molecule has 0 atom stereocenters. The van der Waals surface area contributed by atoms with Crippen molar-refractivity contribution >= 4 is 17.8 Å². The van der Waals surface area contributed by atoms with Crippen LogP contribution in [0.1, 0.15) is 24.4 Å². The Labute approximate surface area is 122 Å². The molecule has 1 saturated heterocycles. The summed E-state index contributed by atoms with van der Waals surface area (Å²) in [4.78, 5) is 28.7. The van der Waals surface area contributed by atoms with Crippen molar-refractivity contribution in [1.29, 1.82) is 0 Å². The van der Waals surface area contributed by atoms with Crippen LogP contribution >= 0.6 is 0 Å². The fourth-order valence-electron chi connectivity index (χ4n) is 2.82. The van der Waals surface area contributed by atoms with E-state index in [1.165, 1.54) is 4.90 Å². The fraction of sp³-hybridized carbons (Fsp3) is 0.583. The number of hydrogen-bond acceptors (Lipinski definition) is 3. The molecule has 0 aromatic carbocycles. The zero-order chi connectivity index (χ0) is 16.1. The van der Waals surface area contributed by atoms with Gasteiger partial charge in [0, 0.05) is 26.1 Å². The highest BCUT2D eigenvalue weighted by molar-refractivity contribution is 5.95. The monoisotopic (exact) mass is 318 g/mol. The minimum atomic E-state index is -4.65. The van der Waals surface area contributed by atoms with Gasteiger partial charge in [0.25, 0.3) is 0 Å². The second-order valence-electron chi connectivity index (χ2n) is 5.21. The minimum Gasteiger partial charge on any atom is -0.465 e. The Morgan fingerprint density at radius 2 is 1.95 bits per heavy atom. The maximum atomic E-state index is 13.1. The third-order valence-corrected chi connectivity index (χ3v) is 3.84. The average Bonchev–Trinajstić information content (AvgIpc) is 3.00. The number of carbonyl (C=O) groups excluding carboxylic acids is 1. The molecule has 0 bridgehead atoms. The second-order valence-corrected chi connectivity index (χ2v) is 5.21. The summed E-state index contributed by atoms with van der Waals surface area (Å²) in [6.07, 6.45) is -5.05. The molecule has 1 N–H and O–H groups in total. The fourth-order valence-corrected chi connectivity index (χ4v) is 2.82. The number of nitrogens with zero attached hydrogens (tertiary/aromatic N) is 4. The van der Waals surface area contributed by atoms with E-state index >= 15 is 0 Å². The summed E-state index contributed by atoms with van der Waals surface area (Å²) in [6, 6.07) is 0. The van der Waals surface area contributed by atoms with Gasteiger partial charge < -0.3 is 14.6 Å². The van der Waals surface area contributed by atoms with Gasteiger partial charge in [0.1, 0.15) is 0 Å². The Kier molecular flexibility index (Phi) is 3.26. The van der Waals surface area contributed by atoms with Crippen LogP contribution in [-0.2, 0) is 24.1 Å². The Bertz CT molecular complexity index is 640. The number of amides is 2. The second kappa shape index (κ2) is 4.89. The van der Waals surface area contributed by atoms with Crippen molar-refractivity contribution in [2.75, 3.05) is 18.0 Å². The van der Waals surface area contributed by atoms with E-state index in [9.17, 15) is 22.8 Å². The van der Waals surface area contributed by atoms with Gasteiger partial charge in [0.2, 0.25) is 11.7 Å². The molecule has 2 aliphatic rings. The first-order valence-corrected chi connectivity index (χ1v) is 6.74. The van der Waals surface area contributed by atoms with Crippen LogP contribution in [0.4, 0.5) is 23.8 Å². The van der Waals surface area contributed by atoms with Crippen molar-refractivity contribution in [3.8, 4) is 0 Å². The molecular formula is C12H13F3N4O3. The maximum absolute atomic E-state index is 13.1. The van der Waals surface area contributed by atoms with Gasteiger partial charge in [-0.3, -0.25) is 9.69 Å². The number of rotatable bonds is 1. The van der Waals surface area contributed by atoms with Crippen molar-refractivity contribution in [3.05, 3.63) is 11.5 Å². The molecule has 1 aromatic heterocycles. The van der Waals surface area contributed by atoms with Crippen molar-refractivity contribution < 1.29 is 27.9 Å². The first kappa shape index (κ1) is 14.7. The highest BCUT2D eigenvalue weighted by atomic mass is 19.4. The molecular weight excluding hydrogens is 305 g/mol. The van der Waals surface area contributed by atoms with E-state index in [0.29, 0.717) is 13.0 Å². The first-order valence-electron chi connectivity index (χ1n) is 6.74. The van der Waals surface area contributed by atoms with Crippen LogP contribution in [0.3, 0.4) is 0 Å². The molecule has 22 heavy (non-hydrogen) atoms. The number of carboxylic acid groups (broad SMARTS) is 1. The molecule has 0 unspecified atom stereocenters. The molecule has 0 radical (unpaired) electrons. The van der Waals surface area contributed by atoms with Crippen LogP contribution in [0.2, 0.25) is 0 Å². The topological polar surface area (TPSA) is 78.7 Å². The van der Waals surface area contributed by atoms with Crippen LogP contribution in [0.15, 0.2) is 0 Å². The number of alkyl halides is 3. The number of aromatic nitrogens is 2. The molecule has 2 aliphatic heterocycles. The lowest BCUT2D eigenvalue weighted by Crippen LogP contribution is -2.39. The minimum absolute atomic E-state index is 0.0465. The summed E-state index contributed by atoms with van der Waals surface area (Å²) in [5.74, 6) is -1.44. The number of carbonyl (C=O) groups is 2. The van der Waals surface area contributed by atoms with Gasteiger partial charge >= 0.3 is 12.3 Å². The van der Waals surface area contributed by atoms with Gasteiger partial charge in [0.05, 0.1) is 12.2 Å². The predicted molar refractivity (Wildman–Crippen MR) is 67.3 cm³/mol. The lowest BCUT2D eigenvalue weighted by molar-refractivity contribution is -0.147. The largest absolute Gasteiger partial charge is 0.465 e. The van der Waals surface area contributed by atoms with Crippen LogP contribution < -0.4 is 4.90 Å². The van der Waals surface area contributed by atoms with Gasteiger partial charge in [-0.15, -0.1) is 0 Å². The molecule has 0 spiro atoms. The lowest BCUT2D eigenvalue weighted by Gasteiger charge is -2.28. The van der Waals surface area contributed by atoms with E-state index in [0.717, 1.165) is 9.47 Å². The molecule has 3 rings (SSSR count). The van der Waals surface area contributed by atoms with Crippen LogP contribution in [0.5, 0.6) is 0 Å². The van der Waals surface area contributed by atoms with E-state index in [1.807, 2.05) is 0 Å². The molecule has 3 heterocycles. The molecule has 1 fully saturated rings. The SMILES string of the molecule is O=C(O)N1CCn2c(C(F)(F)F)nc(N3CCCC3=O)c2C1. The van der Waals surface area contributed by atoms with Crippen LogP contribution in [-0.4, -0.2) is 44.6 Å². The van der Waals surface area contributed by atoms with Crippen LogP contribution in [0.25, 0.3) is 0 Å². The Morgan fingerprint density at radius 1 is 1.23 bits per heavy atom. The molecule has 10 heteroatoms. The molecule has 0 aliphatic carbocycles. The zero-order valence-corrected chi connectivity index (χ0v) is 11.4. The highest BCUT2D eigenvalue weighted by Crippen LogP contribution is 2.36. The van der Waals surface area contributed by atoms with Gasteiger partial charge in [-0.1, -0.05) is 0 Å². The van der Waals surface area contributed by atoms with Crippen molar-refractivity contribution in [1.82, 2.24) is 14.5 Å². The molecule has 2 amide bonds. The van der Waals surface area contributed by atoms with E-state index in [1.54, 1.807) is 0 Å². The quantitative estimate of drug-likeness (QED) is 0.851. The smallest absolute Gasteiger partial charge is 0.449 e. The Hall–Kier alpha value is -2.26. The van der Waals surface area contributed by atoms with Crippen LogP contribution in [0, 0.1) is 0 Å². The predicted octanol–water partition coefficient (Wildman–Crippen LogP) is 1.52. The van der Waals surface area contributed by atoms with Gasteiger partial charge in [-0.25, -0.2) is 9.78 Å². The van der Waals surface area contributed by atoms with Gasteiger partial charge in [0.15, 0.2) is 5.82 Å². The Morgan fingerprint density at radius 3 is 2.50 bits per heavy atom. The molecule has 7 nitrogen and oxygen atoms in total. The lowest BCUT2D eigenvalue weighted by atomic mass is 10.3. The number of hydrogen-bond donors (Lipinski definition) is 1. The molecule has 120 valence electrons. The number of imidazole rings is 1. The average molecular weight is 318 g/mol. The molecule has 0 saturated carbocycles. The summed E-state index contributed by atoms with van der Waals surface area (Å²) in [5, 5.41) is 9.03. The van der Waals surface area contributed by atoms with E-state index in [4.69, 9.17) is 5.11 Å². The third-order valence-electron chi connectivity index (χ3n) is 3.84. The third kappa shape index (κ3) is 2.28. The van der Waals surface area contributed by atoms with Crippen molar-refractivity contribution in [3.63, 3.8) is 0 Å². The molecule has 1 aromatic rings. The summed E-state index contributed by atoms with van der Waals surface area (Å²) >= 11 is 0. The van der Waals surface area contributed by atoms with E-state index in [2.05, 4.69) is 4.98 Å². The summed E-state index contributed by atoms with van der Waals surface area (Å²) in [6.45, 7) is -0.0919. The van der Waals surface area contributed by atoms with E-state index < -0.39 is 18.1 Å². The maximum Gasteiger partial charge on any atom is 0.449 e. The number of halogens is 3.